The highest BCUT2D eigenvalue weighted by Gasteiger charge is 2.42. The van der Waals surface area contributed by atoms with Gasteiger partial charge in [-0.15, -0.1) is 0 Å². The predicted molar refractivity (Wildman–Crippen MR) is 191 cm³/mol. The first kappa shape index (κ1) is 46.5. The number of alkyl halides is 5. The number of halogens is 5. The van der Waals surface area contributed by atoms with Crippen molar-refractivity contribution in [3.8, 4) is 0 Å². The van der Waals surface area contributed by atoms with E-state index in [4.69, 9.17) is 4.74 Å². The molecule has 0 aliphatic heterocycles. The number of aromatic nitrogens is 3. The Kier molecular flexibility index (Phi) is 22.7. The molecule has 1 amide bonds. The number of unbranched alkanes of at least 4 members (excludes halogenated alkanes) is 2. The highest BCUT2D eigenvalue weighted by atomic mass is 31.0. The van der Waals surface area contributed by atoms with Crippen LogP contribution in [-0.2, 0) is 27.8 Å². The van der Waals surface area contributed by atoms with Gasteiger partial charge >= 0.3 is 6.18 Å². The van der Waals surface area contributed by atoms with Gasteiger partial charge in [0.05, 0.1) is 5.69 Å². The Morgan fingerprint density at radius 1 is 1.02 bits per heavy atom. The monoisotopic (exact) mass is 722 g/mol. The molecule has 0 saturated carbocycles. The third-order valence-electron chi connectivity index (χ3n) is 8.09. The third-order valence-corrected chi connectivity index (χ3v) is 8.42. The largest absolute Gasteiger partial charge is 0.422 e. The number of nitrogens with one attached hydrogen (secondary N) is 1. The van der Waals surface area contributed by atoms with Gasteiger partial charge in [-0.05, 0) is 69.1 Å². The molecule has 1 aliphatic carbocycles. The molecule has 7 nitrogen and oxygen atoms in total. The van der Waals surface area contributed by atoms with Crippen molar-refractivity contribution in [2.45, 2.75) is 144 Å². The average Bonchev–Trinajstić information content (AvgIpc) is 3.48. The number of aryl methyl sites for hydroxylation is 1. The first-order valence-corrected chi connectivity index (χ1v) is 18.3. The van der Waals surface area contributed by atoms with Crippen LogP contribution in [0.4, 0.5) is 22.0 Å². The first-order valence-electron chi connectivity index (χ1n) is 17.8. The Morgan fingerprint density at radius 3 is 2.14 bits per heavy atom. The van der Waals surface area contributed by atoms with Crippen molar-refractivity contribution in [1.82, 2.24) is 20.1 Å². The molecule has 0 fully saturated rings. The summed E-state index contributed by atoms with van der Waals surface area (Å²) in [7, 11) is 1.47. The molecule has 282 valence electrons. The van der Waals surface area contributed by atoms with Crippen LogP contribution in [0.15, 0.2) is 23.1 Å². The standard InChI is InChI=1S/C15H31NO2.C12H15F3N2O.C7H8F2NP.C2H6/c1-5-9-10-12-16(11-6-2)15(17)14(8-4)18-13-7-3;1-3-6(2)7-4-5-8-9(12(13,14)15)11(18)17-16-10(7)8;1-5-2-3-6(4-10-5)7(8,9)11;1-2/h14H,5-13H2,1-4H3;6-7H,3-5H2,1-2H3,(H,17,18);2-4H,11H2,1H3;1-2H3. The van der Waals surface area contributed by atoms with Crippen LogP contribution in [0.5, 0.6) is 0 Å². The van der Waals surface area contributed by atoms with Gasteiger partial charge in [0.2, 0.25) is 0 Å². The minimum Gasteiger partial charge on any atom is -0.368 e. The van der Waals surface area contributed by atoms with E-state index in [1.54, 1.807) is 13.0 Å². The number of amides is 1. The van der Waals surface area contributed by atoms with Gasteiger partial charge < -0.3 is 9.64 Å². The Balaban J connectivity index is 0.000000707. The highest BCUT2D eigenvalue weighted by Crippen LogP contribution is 2.42. The van der Waals surface area contributed by atoms with E-state index >= 15 is 0 Å². The Hall–Kier alpha value is -2.46. The van der Waals surface area contributed by atoms with Crippen molar-refractivity contribution in [1.29, 1.82) is 0 Å². The number of carbonyl (C=O) groups is 1. The van der Waals surface area contributed by atoms with Crippen molar-refractivity contribution >= 4 is 15.1 Å². The smallest absolute Gasteiger partial charge is 0.368 e. The van der Waals surface area contributed by atoms with Gasteiger partial charge in [-0.2, -0.15) is 27.1 Å². The minimum absolute atomic E-state index is 0.0166. The number of nitrogens with zero attached hydrogens (tertiary/aromatic N) is 3. The van der Waals surface area contributed by atoms with Crippen LogP contribution in [0.3, 0.4) is 0 Å². The van der Waals surface area contributed by atoms with Crippen molar-refractivity contribution in [2.24, 2.45) is 5.92 Å². The molecular formula is C36H60F5N4O3P. The number of ether oxygens (including phenoxy) is 1. The molecule has 1 N–H and O–H groups in total. The summed E-state index contributed by atoms with van der Waals surface area (Å²) in [5.74, 6) is 0.470. The highest BCUT2D eigenvalue weighted by molar-refractivity contribution is 7.17. The number of rotatable bonds is 14. The first-order chi connectivity index (χ1) is 23.1. The topological polar surface area (TPSA) is 88.2 Å². The molecule has 1 aliphatic rings. The Labute approximate surface area is 292 Å². The van der Waals surface area contributed by atoms with Crippen molar-refractivity contribution in [2.75, 3.05) is 19.7 Å². The van der Waals surface area contributed by atoms with Crippen molar-refractivity contribution in [3.63, 3.8) is 0 Å². The van der Waals surface area contributed by atoms with Gasteiger partial charge in [0.1, 0.15) is 11.7 Å². The summed E-state index contributed by atoms with van der Waals surface area (Å²) in [4.78, 5) is 29.4. The summed E-state index contributed by atoms with van der Waals surface area (Å²) in [5.41, 5.74) is -3.87. The third kappa shape index (κ3) is 16.0. The van der Waals surface area contributed by atoms with Crippen LogP contribution >= 0.6 is 9.24 Å². The zero-order chi connectivity index (χ0) is 37.8. The fourth-order valence-electron chi connectivity index (χ4n) is 5.28. The number of hydrogen-bond donors (Lipinski definition) is 1. The number of pyridine rings is 1. The molecule has 3 rings (SSSR count). The summed E-state index contributed by atoms with van der Waals surface area (Å²) >= 11 is 0. The molecule has 2 heterocycles. The van der Waals surface area contributed by atoms with Crippen LogP contribution in [0.2, 0.25) is 0 Å². The van der Waals surface area contributed by atoms with E-state index in [2.05, 4.69) is 30.9 Å². The van der Waals surface area contributed by atoms with E-state index < -0.39 is 23.0 Å². The molecule has 0 saturated heterocycles. The second-order valence-corrected chi connectivity index (χ2v) is 12.7. The van der Waals surface area contributed by atoms with E-state index in [1.165, 1.54) is 34.3 Å². The number of fused-ring (bicyclic) bond motifs is 1. The Morgan fingerprint density at radius 2 is 1.67 bits per heavy atom. The normalized spacial score (nSPS) is 15.0. The predicted octanol–water partition coefficient (Wildman–Crippen LogP) is 9.83. The SMILES string of the molecule is CC.CCC(C)C1CCc2c1n[nH]c(=O)c2C(F)(F)F.CCCCCN(CCC)C(=O)C(CC)OCCC.Cc1ccc(C(F)(F)P)cn1. The zero-order valence-corrected chi connectivity index (χ0v) is 32.1. The van der Waals surface area contributed by atoms with Gasteiger partial charge in [-0.25, -0.2) is 5.10 Å². The van der Waals surface area contributed by atoms with Crippen LogP contribution in [-0.4, -0.2) is 51.8 Å². The maximum Gasteiger partial charge on any atom is 0.422 e. The van der Waals surface area contributed by atoms with Gasteiger partial charge in [0, 0.05) is 43.1 Å². The van der Waals surface area contributed by atoms with Crippen LogP contribution in [0, 0.1) is 12.8 Å². The lowest BCUT2D eigenvalue weighted by Gasteiger charge is -2.26. The molecule has 4 unspecified atom stereocenters. The van der Waals surface area contributed by atoms with E-state index in [0.717, 1.165) is 50.9 Å². The number of H-pyrrole nitrogens is 1. The molecule has 0 spiro atoms. The van der Waals surface area contributed by atoms with Gasteiger partial charge in [-0.3, -0.25) is 14.6 Å². The van der Waals surface area contributed by atoms with Gasteiger partial charge in [0.15, 0.2) is 0 Å². The number of aromatic amines is 1. The minimum atomic E-state index is -4.61. The average molecular weight is 723 g/mol. The fraction of sp³-hybridized carbons (Fsp3) is 0.722. The lowest BCUT2D eigenvalue weighted by atomic mass is 9.90. The van der Waals surface area contributed by atoms with Crippen LogP contribution in [0.25, 0.3) is 0 Å². The summed E-state index contributed by atoms with van der Waals surface area (Å²) < 4.78 is 69.3. The van der Waals surface area contributed by atoms with E-state index in [1.807, 2.05) is 44.6 Å². The second kappa shape index (κ2) is 23.9. The zero-order valence-electron chi connectivity index (χ0n) is 31.0. The Bertz CT molecular complexity index is 1250. The molecule has 0 bridgehead atoms. The molecule has 13 heteroatoms. The van der Waals surface area contributed by atoms with Crippen molar-refractivity contribution in [3.05, 3.63) is 56.8 Å². The number of carbonyl (C=O) groups excluding carboxylic acids is 1. The van der Waals surface area contributed by atoms with Crippen LogP contribution < -0.4 is 5.56 Å². The van der Waals surface area contributed by atoms with Gasteiger partial charge in [0.25, 0.3) is 17.1 Å². The summed E-state index contributed by atoms with van der Waals surface area (Å²) in [6.07, 6.45) is 4.39. The summed E-state index contributed by atoms with van der Waals surface area (Å²) in [6, 6.07) is 2.93. The van der Waals surface area contributed by atoms with Crippen molar-refractivity contribution < 1.29 is 31.5 Å². The van der Waals surface area contributed by atoms with Gasteiger partial charge in [-0.1, -0.05) is 83.9 Å². The molecule has 2 aromatic rings. The summed E-state index contributed by atoms with van der Waals surface area (Å²) in [6.45, 7) is 20.6. The molecule has 0 aromatic carbocycles. The molecule has 0 radical (unpaired) electrons. The molecule has 2 aromatic heterocycles. The lowest BCUT2D eigenvalue weighted by Crippen LogP contribution is -2.41. The summed E-state index contributed by atoms with van der Waals surface area (Å²) in [5, 5.41) is 5.84. The lowest BCUT2D eigenvalue weighted by molar-refractivity contribution is -0.144. The quantitative estimate of drug-likeness (QED) is 0.119. The van der Waals surface area contributed by atoms with E-state index in [9.17, 15) is 31.5 Å². The van der Waals surface area contributed by atoms with Crippen LogP contribution in [0.1, 0.15) is 141 Å². The fourth-order valence-corrected chi connectivity index (χ4v) is 5.45. The molecule has 49 heavy (non-hydrogen) atoms. The number of hydrogen-bond acceptors (Lipinski definition) is 5. The maximum absolute atomic E-state index is 12.9. The maximum atomic E-state index is 12.9. The second-order valence-electron chi connectivity index (χ2n) is 11.9. The molecule has 4 atom stereocenters. The molecular weight excluding hydrogens is 662 g/mol. The van der Waals surface area contributed by atoms with E-state index in [-0.39, 0.29) is 41.4 Å². The van der Waals surface area contributed by atoms with E-state index in [0.29, 0.717) is 18.7 Å².